The van der Waals surface area contributed by atoms with E-state index >= 15 is 0 Å². The molecular weight excluding hydrogens is 283 g/mol. The Morgan fingerprint density at radius 1 is 1.32 bits per heavy atom. The van der Waals surface area contributed by atoms with Crippen LogP contribution in [0.25, 0.3) is 0 Å². The molecule has 0 unspecified atom stereocenters. The first-order valence-electron chi connectivity index (χ1n) is 5.46. The monoisotopic (exact) mass is 297 g/mol. The molecule has 1 aromatic rings. The van der Waals surface area contributed by atoms with Crippen molar-refractivity contribution in [2.24, 2.45) is 0 Å². The summed E-state index contributed by atoms with van der Waals surface area (Å²) in [6.45, 7) is 1.55. The van der Waals surface area contributed by atoms with E-state index in [1.165, 1.54) is 23.1 Å². The highest BCUT2D eigenvalue weighted by atomic mass is 32.2. The summed E-state index contributed by atoms with van der Waals surface area (Å²) in [5.41, 5.74) is 0.747. The number of nitrogens with zero attached hydrogens (tertiary/aromatic N) is 1. The third kappa shape index (κ3) is 5.53. The summed E-state index contributed by atoms with van der Waals surface area (Å²) >= 11 is 0. The van der Waals surface area contributed by atoms with Crippen molar-refractivity contribution < 1.29 is 21.6 Å². The fraction of sp³-hybridized carbons (Fsp3) is 0.500. The minimum absolute atomic E-state index is 0.433. The molecule has 9 heteroatoms. The average molecular weight is 297 g/mol. The van der Waals surface area contributed by atoms with E-state index in [9.17, 15) is 21.6 Å². The van der Waals surface area contributed by atoms with Gasteiger partial charge in [0.25, 0.3) is 10.0 Å². The number of alkyl halides is 3. The van der Waals surface area contributed by atoms with Crippen LogP contribution in [0.2, 0.25) is 0 Å². The van der Waals surface area contributed by atoms with Gasteiger partial charge in [-0.3, -0.25) is 0 Å². The van der Waals surface area contributed by atoms with E-state index in [1.807, 2.05) is 6.92 Å². The molecular formula is C10H14F3N3O2S. The van der Waals surface area contributed by atoms with Crippen LogP contribution in [0.3, 0.4) is 0 Å². The van der Waals surface area contributed by atoms with Crippen molar-refractivity contribution in [1.82, 2.24) is 15.0 Å². The van der Waals surface area contributed by atoms with Crippen LogP contribution in [0, 0.1) is 0 Å². The second-order valence-electron chi connectivity index (χ2n) is 3.72. The van der Waals surface area contributed by atoms with Gasteiger partial charge in [0.05, 0.1) is 0 Å². The van der Waals surface area contributed by atoms with E-state index in [0.717, 1.165) is 12.1 Å². The quantitative estimate of drug-likeness (QED) is 0.823. The molecule has 0 aliphatic carbocycles. The molecule has 0 aliphatic heterocycles. The van der Waals surface area contributed by atoms with Gasteiger partial charge >= 0.3 is 6.18 Å². The first-order chi connectivity index (χ1) is 8.74. The summed E-state index contributed by atoms with van der Waals surface area (Å²) in [6, 6.07) is 2.67. The van der Waals surface area contributed by atoms with E-state index in [-0.39, 0.29) is 0 Å². The largest absolute Gasteiger partial charge is 0.402 e. The smallest absolute Gasteiger partial charge is 0.313 e. The van der Waals surface area contributed by atoms with Crippen LogP contribution < -0.4 is 10.0 Å². The number of nitrogens with one attached hydrogen (secondary N) is 2. The molecule has 0 aromatic carbocycles. The molecule has 2 N–H and O–H groups in total. The third-order valence-electron chi connectivity index (χ3n) is 2.11. The molecule has 0 amide bonds. The summed E-state index contributed by atoms with van der Waals surface area (Å²) in [5, 5.41) is 2.58. The lowest BCUT2D eigenvalue weighted by molar-refractivity contribution is -0.121. The van der Waals surface area contributed by atoms with Gasteiger partial charge in [0.15, 0.2) is 5.03 Å². The molecule has 1 rings (SSSR count). The highest BCUT2D eigenvalue weighted by Gasteiger charge is 2.30. The van der Waals surface area contributed by atoms with Gasteiger partial charge in [0.1, 0.15) is 6.54 Å². The van der Waals surface area contributed by atoms with Crippen LogP contribution in [0.1, 0.15) is 12.5 Å². The van der Waals surface area contributed by atoms with Gasteiger partial charge in [0.2, 0.25) is 0 Å². The molecule has 0 radical (unpaired) electrons. The van der Waals surface area contributed by atoms with Crippen molar-refractivity contribution >= 4 is 10.0 Å². The molecule has 0 fully saturated rings. The highest BCUT2D eigenvalue weighted by Crippen LogP contribution is 2.14. The molecule has 0 saturated carbocycles. The van der Waals surface area contributed by atoms with Crippen LogP contribution in [0.5, 0.6) is 0 Å². The molecule has 0 spiro atoms. The molecule has 0 bridgehead atoms. The Morgan fingerprint density at radius 2 is 2.00 bits per heavy atom. The Balaban J connectivity index is 2.73. The normalized spacial score (nSPS) is 12.6. The van der Waals surface area contributed by atoms with Gasteiger partial charge in [-0.1, -0.05) is 13.0 Å². The zero-order valence-corrected chi connectivity index (χ0v) is 11.0. The lowest BCUT2D eigenvalue weighted by atomic mass is 10.3. The summed E-state index contributed by atoms with van der Waals surface area (Å²) < 4.78 is 60.3. The second-order valence-corrected chi connectivity index (χ2v) is 5.44. The predicted octanol–water partition coefficient (Wildman–Crippen LogP) is 1.03. The van der Waals surface area contributed by atoms with Crippen molar-refractivity contribution in [1.29, 1.82) is 0 Å². The minimum atomic E-state index is -4.60. The molecule has 108 valence electrons. The van der Waals surface area contributed by atoms with Gasteiger partial charge in [-0.2, -0.15) is 13.2 Å². The van der Waals surface area contributed by atoms with Gasteiger partial charge < -0.3 is 5.32 Å². The summed E-state index contributed by atoms with van der Waals surface area (Å²) in [6.07, 6.45) is -3.29. The van der Waals surface area contributed by atoms with Gasteiger partial charge in [0, 0.05) is 12.7 Å². The summed E-state index contributed by atoms with van der Waals surface area (Å²) in [7, 11) is -4.23. The predicted molar refractivity (Wildman–Crippen MR) is 62.9 cm³/mol. The maximum absolute atomic E-state index is 11.9. The van der Waals surface area contributed by atoms with E-state index in [0.29, 0.717) is 6.54 Å². The highest BCUT2D eigenvalue weighted by molar-refractivity contribution is 7.89. The van der Waals surface area contributed by atoms with E-state index in [1.54, 1.807) is 0 Å². The van der Waals surface area contributed by atoms with Crippen molar-refractivity contribution in [3.8, 4) is 0 Å². The Labute approximate surface area is 109 Å². The molecule has 0 atom stereocenters. The average Bonchev–Trinajstić information content (AvgIpc) is 2.34. The van der Waals surface area contributed by atoms with E-state index < -0.39 is 27.8 Å². The van der Waals surface area contributed by atoms with E-state index in [2.05, 4.69) is 10.3 Å². The number of aromatic nitrogens is 1. The van der Waals surface area contributed by atoms with Crippen molar-refractivity contribution in [3.05, 3.63) is 23.9 Å². The van der Waals surface area contributed by atoms with Gasteiger partial charge in [-0.15, -0.1) is 0 Å². The Morgan fingerprint density at radius 3 is 2.47 bits per heavy atom. The van der Waals surface area contributed by atoms with Crippen LogP contribution in [0.4, 0.5) is 13.2 Å². The Bertz CT molecular complexity index is 500. The minimum Gasteiger partial charge on any atom is -0.313 e. The zero-order valence-electron chi connectivity index (χ0n) is 10.2. The molecule has 1 aromatic heterocycles. The van der Waals surface area contributed by atoms with E-state index in [4.69, 9.17) is 0 Å². The molecule has 19 heavy (non-hydrogen) atoms. The SMILES string of the molecule is CCNCc1ccc(S(=O)(=O)NCC(F)(F)F)nc1. The fourth-order valence-electron chi connectivity index (χ4n) is 1.19. The lowest BCUT2D eigenvalue weighted by Gasteiger charge is -2.09. The van der Waals surface area contributed by atoms with Crippen LogP contribution >= 0.6 is 0 Å². The maximum Gasteiger partial charge on any atom is 0.402 e. The first kappa shape index (κ1) is 15.9. The van der Waals surface area contributed by atoms with Crippen molar-refractivity contribution in [3.63, 3.8) is 0 Å². The Kier molecular flexibility index (Phi) is 5.27. The zero-order chi connectivity index (χ0) is 14.5. The molecule has 5 nitrogen and oxygen atoms in total. The third-order valence-corrected chi connectivity index (χ3v) is 3.43. The number of halogens is 3. The van der Waals surface area contributed by atoms with Crippen molar-refractivity contribution in [2.75, 3.05) is 13.1 Å². The topological polar surface area (TPSA) is 71.1 Å². The first-order valence-corrected chi connectivity index (χ1v) is 6.95. The molecule has 1 heterocycles. The van der Waals surface area contributed by atoms with Crippen LogP contribution in [-0.4, -0.2) is 32.7 Å². The van der Waals surface area contributed by atoms with Gasteiger partial charge in [-0.25, -0.2) is 18.1 Å². The maximum atomic E-state index is 11.9. The number of hydrogen-bond acceptors (Lipinski definition) is 4. The number of sulfonamides is 1. The molecule has 0 aliphatic rings. The van der Waals surface area contributed by atoms with Crippen molar-refractivity contribution in [2.45, 2.75) is 24.7 Å². The summed E-state index contributed by atoms with van der Waals surface area (Å²) in [5.74, 6) is 0. The van der Waals surface area contributed by atoms with Gasteiger partial charge in [-0.05, 0) is 18.2 Å². The Hall–Kier alpha value is -1.19. The van der Waals surface area contributed by atoms with Crippen LogP contribution in [-0.2, 0) is 16.6 Å². The standard InChI is InChI=1S/C10H14F3N3O2S/c1-2-14-5-8-3-4-9(15-6-8)19(17,18)16-7-10(11,12)13/h3-4,6,14,16H,2,5,7H2,1H3. The summed E-state index contributed by atoms with van der Waals surface area (Å²) in [4.78, 5) is 3.65. The molecule has 0 saturated heterocycles. The number of rotatable bonds is 6. The number of pyridine rings is 1. The number of hydrogen-bond donors (Lipinski definition) is 2. The second kappa shape index (κ2) is 6.31. The fourth-order valence-corrected chi connectivity index (χ4v) is 2.13. The van der Waals surface area contributed by atoms with Crippen LogP contribution in [0.15, 0.2) is 23.4 Å². The lowest BCUT2D eigenvalue weighted by Crippen LogP contribution is -2.34.